The van der Waals surface area contributed by atoms with E-state index < -0.39 is 0 Å². The molecule has 2 N–H and O–H groups in total. The van der Waals surface area contributed by atoms with Crippen molar-refractivity contribution in [2.45, 2.75) is 51.9 Å². The summed E-state index contributed by atoms with van der Waals surface area (Å²) in [6.07, 6.45) is 9.64. The van der Waals surface area contributed by atoms with Crippen LogP contribution in [0.4, 0.5) is 0 Å². The zero-order valence-corrected chi connectivity index (χ0v) is 14.0. The van der Waals surface area contributed by atoms with E-state index in [1.807, 2.05) is 18.2 Å². The van der Waals surface area contributed by atoms with Crippen molar-refractivity contribution >= 4 is 0 Å². The fraction of sp³-hybridized carbons (Fsp3) is 0.400. The molecule has 2 heteroatoms. The lowest BCUT2D eigenvalue weighted by Gasteiger charge is -2.32. The smallest absolute Gasteiger partial charge is 0.115 e. The predicted octanol–water partition coefficient (Wildman–Crippen LogP) is 5.80. The lowest BCUT2D eigenvalue weighted by molar-refractivity contribution is 0.432. The highest BCUT2D eigenvalue weighted by Gasteiger charge is 2.27. The van der Waals surface area contributed by atoms with Gasteiger partial charge in [0.2, 0.25) is 0 Å². The van der Waals surface area contributed by atoms with Crippen molar-refractivity contribution in [3.05, 3.63) is 66.0 Å². The third-order valence-electron chi connectivity index (χ3n) is 4.37. The predicted molar refractivity (Wildman–Crippen MR) is 94.3 cm³/mol. The summed E-state index contributed by atoms with van der Waals surface area (Å²) in [6, 6.07) is 7.43. The van der Waals surface area contributed by atoms with Gasteiger partial charge in [-0.15, -0.1) is 0 Å². The zero-order chi connectivity index (χ0) is 16.6. The SMILES string of the molecule is C=C/C(O)=C\C=C(/C)C(C)(CCCCC)c1ccc(O)cc1. The van der Waals surface area contributed by atoms with Gasteiger partial charge in [0.1, 0.15) is 11.5 Å². The molecule has 1 aromatic carbocycles. The largest absolute Gasteiger partial charge is 0.508 e. The van der Waals surface area contributed by atoms with E-state index in [0.29, 0.717) is 0 Å². The fourth-order valence-corrected chi connectivity index (χ4v) is 2.59. The number of hydrogen-bond donors (Lipinski definition) is 2. The van der Waals surface area contributed by atoms with Gasteiger partial charge in [-0.1, -0.05) is 63.5 Å². The molecular weight excluding hydrogens is 272 g/mol. The highest BCUT2D eigenvalue weighted by Crippen LogP contribution is 2.37. The Morgan fingerprint density at radius 1 is 1.18 bits per heavy atom. The van der Waals surface area contributed by atoms with Crippen molar-refractivity contribution in [2.24, 2.45) is 0 Å². The van der Waals surface area contributed by atoms with E-state index in [9.17, 15) is 10.2 Å². The summed E-state index contributed by atoms with van der Waals surface area (Å²) >= 11 is 0. The van der Waals surface area contributed by atoms with Crippen LogP contribution in [0.15, 0.2) is 60.4 Å². The van der Waals surface area contributed by atoms with Crippen molar-refractivity contribution < 1.29 is 10.2 Å². The van der Waals surface area contributed by atoms with Crippen molar-refractivity contribution in [3.8, 4) is 5.75 Å². The summed E-state index contributed by atoms with van der Waals surface area (Å²) in [5.74, 6) is 0.450. The lowest BCUT2D eigenvalue weighted by atomic mass is 9.72. The molecule has 0 fully saturated rings. The van der Waals surface area contributed by atoms with E-state index in [4.69, 9.17) is 0 Å². The topological polar surface area (TPSA) is 40.5 Å². The number of hydrogen-bond acceptors (Lipinski definition) is 2. The van der Waals surface area contributed by atoms with Crippen LogP contribution in [0.5, 0.6) is 5.75 Å². The molecule has 0 radical (unpaired) electrons. The maximum absolute atomic E-state index is 9.56. The summed E-state index contributed by atoms with van der Waals surface area (Å²) < 4.78 is 0. The van der Waals surface area contributed by atoms with Crippen molar-refractivity contribution in [1.82, 2.24) is 0 Å². The molecule has 120 valence electrons. The van der Waals surface area contributed by atoms with Crippen LogP contribution in [0.2, 0.25) is 0 Å². The number of aliphatic hydroxyl groups excluding tert-OH is 1. The van der Waals surface area contributed by atoms with E-state index in [2.05, 4.69) is 27.4 Å². The van der Waals surface area contributed by atoms with E-state index in [1.54, 1.807) is 18.2 Å². The van der Waals surface area contributed by atoms with Crippen LogP contribution in [0.25, 0.3) is 0 Å². The Labute approximate surface area is 134 Å². The molecule has 2 nitrogen and oxygen atoms in total. The number of benzene rings is 1. The molecular formula is C20H28O2. The number of rotatable bonds is 8. The first-order chi connectivity index (χ1) is 10.4. The normalized spacial score (nSPS) is 15.4. The molecule has 0 bridgehead atoms. The second-order valence-electron chi connectivity index (χ2n) is 5.98. The standard InChI is InChI=1S/C20H28O2/c1-5-7-8-15-20(4,16(3)9-12-18(21)6-2)17-10-13-19(22)14-11-17/h6,9-14,21-22H,2,5,7-8,15H2,1,3-4H3/b16-9+,18-12+. The summed E-state index contributed by atoms with van der Waals surface area (Å²) in [5.41, 5.74) is 2.25. The zero-order valence-electron chi connectivity index (χ0n) is 14.0. The summed E-state index contributed by atoms with van der Waals surface area (Å²) in [7, 11) is 0. The molecule has 1 rings (SSSR count). The number of aliphatic hydroxyl groups is 1. The molecule has 0 aliphatic heterocycles. The maximum atomic E-state index is 9.56. The molecule has 0 heterocycles. The Bertz CT molecular complexity index is 537. The van der Waals surface area contributed by atoms with Gasteiger partial charge in [-0.25, -0.2) is 0 Å². The van der Waals surface area contributed by atoms with Crippen LogP contribution in [-0.4, -0.2) is 10.2 Å². The van der Waals surface area contributed by atoms with E-state index in [-0.39, 0.29) is 16.9 Å². The Hall–Kier alpha value is -1.96. The maximum Gasteiger partial charge on any atom is 0.115 e. The van der Waals surface area contributed by atoms with Gasteiger partial charge in [0.05, 0.1) is 0 Å². The number of unbranched alkanes of at least 4 members (excludes halogenated alkanes) is 2. The molecule has 0 saturated carbocycles. The first kappa shape index (κ1) is 18.1. The van der Waals surface area contributed by atoms with Crippen LogP contribution in [0, 0.1) is 0 Å². The highest BCUT2D eigenvalue weighted by molar-refractivity contribution is 5.39. The van der Waals surface area contributed by atoms with Gasteiger partial charge >= 0.3 is 0 Å². The van der Waals surface area contributed by atoms with E-state index in [1.165, 1.54) is 30.1 Å². The van der Waals surface area contributed by atoms with Crippen LogP contribution < -0.4 is 0 Å². The van der Waals surface area contributed by atoms with Gasteiger partial charge in [-0.2, -0.15) is 0 Å². The number of aromatic hydroxyl groups is 1. The van der Waals surface area contributed by atoms with Crippen LogP contribution in [0.1, 0.15) is 52.0 Å². The van der Waals surface area contributed by atoms with E-state index in [0.717, 1.165) is 12.8 Å². The lowest BCUT2D eigenvalue weighted by Crippen LogP contribution is -2.23. The van der Waals surface area contributed by atoms with Gasteiger partial charge < -0.3 is 10.2 Å². The Kier molecular flexibility index (Phi) is 6.97. The Morgan fingerprint density at radius 3 is 2.36 bits per heavy atom. The molecule has 1 atom stereocenters. The monoisotopic (exact) mass is 300 g/mol. The second-order valence-corrected chi connectivity index (χ2v) is 5.98. The molecule has 0 saturated heterocycles. The number of phenols is 1. The molecule has 22 heavy (non-hydrogen) atoms. The molecule has 0 aliphatic rings. The quantitative estimate of drug-likeness (QED) is 0.361. The molecule has 1 aromatic rings. The van der Waals surface area contributed by atoms with E-state index >= 15 is 0 Å². The minimum atomic E-state index is -0.110. The molecule has 0 spiro atoms. The summed E-state index contributed by atoms with van der Waals surface area (Å²) in [5, 5.41) is 19.1. The molecule has 0 amide bonds. The van der Waals surface area contributed by atoms with Crippen molar-refractivity contribution in [3.63, 3.8) is 0 Å². The first-order valence-electron chi connectivity index (χ1n) is 7.94. The minimum Gasteiger partial charge on any atom is -0.508 e. The summed E-state index contributed by atoms with van der Waals surface area (Å²) in [6.45, 7) is 10.1. The van der Waals surface area contributed by atoms with Crippen molar-refractivity contribution in [1.29, 1.82) is 0 Å². The van der Waals surface area contributed by atoms with Crippen LogP contribution in [-0.2, 0) is 5.41 Å². The molecule has 1 unspecified atom stereocenters. The van der Waals surface area contributed by atoms with Gasteiger partial charge in [-0.3, -0.25) is 0 Å². The van der Waals surface area contributed by atoms with Crippen LogP contribution >= 0.6 is 0 Å². The molecule has 0 aromatic heterocycles. The summed E-state index contributed by atoms with van der Waals surface area (Å²) in [4.78, 5) is 0. The third-order valence-corrected chi connectivity index (χ3v) is 4.37. The number of phenolic OH excluding ortho intramolecular Hbond substituents is 1. The number of allylic oxidation sites excluding steroid dienone is 4. The van der Waals surface area contributed by atoms with Gasteiger partial charge in [0, 0.05) is 5.41 Å². The van der Waals surface area contributed by atoms with Crippen molar-refractivity contribution in [2.75, 3.05) is 0 Å². The van der Waals surface area contributed by atoms with Gasteiger partial charge in [0.25, 0.3) is 0 Å². The third kappa shape index (κ3) is 4.80. The Morgan fingerprint density at radius 2 is 1.82 bits per heavy atom. The average Bonchev–Trinajstić information content (AvgIpc) is 2.52. The molecule has 0 aliphatic carbocycles. The fourth-order valence-electron chi connectivity index (χ4n) is 2.59. The second kappa shape index (κ2) is 8.47. The first-order valence-corrected chi connectivity index (χ1v) is 7.94. The highest BCUT2D eigenvalue weighted by atomic mass is 16.3. The Balaban J connectivity index is 3.15. The van der Waals surface area contributed by atoms with Gasteiger partial charge in [-0.05, 0) is 43.2 Å². The minimum absolute atomic E-state index is 0.110. The average molecular weight is 300 g/mol. The van der Waals surface area contributed by atoms with Gasteiger partial charge in [0.15, 0.2) is 0 Å². The van der Waals surface area contributed by atoms with Crippen LogP contribution in [0.3, 0.4) is 0 Å².